The molecule has 11 nitrogen and oxygen atoms in total. The van der Waals surface area contributed by atoms with Crippen LogP contribution >= 0.6 is 0 Å². The number of imidazole rings is 1. The molecule has 5 rings (SSSR count). The van der Waals surface area contributed by atoms with Gasteiger partial charge in [-0.15, -0.1) is 0 Å². The standard InChI is InChI=1S/C31H36F4N6O5/c1-29(2,3)41-16-22(19-5-8-21(45-4)9-6-19)30(32,18-41)27(44)38-28-36-11-12-40(28)15-20-7-10-24(31(33,34)35)37-25(20)39-13-14-46-23(17-39)26(42)43/h5-12,22-23H,13-18H2,1-4H3,(H,42,43)(H,36,38,44)/t22-,23-,30-/m0/s1. The molecule has 0 spiro atoms. The molecule has 3 atom stereocenters. The molecule has 2 aliphatic rings. The van der Waals surface area contributed by atoms with Crippen molar-refractivity contribution in [2.24, 2.45) is 0 Å². The van der Waals surface area contributed by atoms with Crippen LogP contribution in [0.1, 0.15) is 43.5 Å². The van der Waals surface area contributed by atoms with Crippen LogP contribution in [0.15, 0.2) is 48.8 Å². The lowest BCUT2D eigenvalue weighted by atomic mass is 9.85. The van der Waals surface area contributed by atoms with E-state index in [1.165, 1.54) is 35.0 Å². The van der Waals surface area contributed by atoms with Crippen molar-refractivity contribution in [2.45, 2.75) is 56.7 Å². The molecule has 0 bridgehead atoms. The molecule has 2 fully saturated rings. The fraction of sp³-hybridized carbons (Fsp3) is 0.484. The normalized spacial score (nSPS) is 22.6. The number of pyridine rings is 1. The van der Waals surface area contributed by atoms with Gasteiger partial charge in [-0.1, -0.05) is 18.2 Å². The Kier molecular flexibility index (Phi) is 9.01. The molecule has 0 aliphatic carbocycles. The number of rotatable bonds is 8. The van der Waals surface area contributed by atoms with Crippen LogP contribution in [0.25, 0.3) is 0 Å². The van der Waals surface area contributed by atoms with Gasteiger partial charge in [0.05, 0.1) is 26.8 Å². The number of aromatic nitrogens is 3. The first-order valence-electron chi connectivity index (χ1n) is 14.7. The third-order valence-corrected chi connectivity index (χ3v) is 8.39. The lowest BCUT2D eigenvalue weighted by Gasteiger charge is -2.33. The minimum atomic E-state index is -4.74. The summed E-state index contributed by atoms with van der Waals surface area (Å²) >= 11 is 0. The predicted molar refractivity (Wildman–Crippen MR) is 160 cm³/mol. The maximum Gasteiger partial charge on any atom is 0.433 e. The molecule has 1 amide bonds. The highest BCUT2D eigenvalue weighted by atomic mass is 19.4. The third-order valence-electron chi connectivity index (χ3n) is 8.39. The van der Waals surface area contributed by atoms with Crippen LogP contribution in [-0.2, 0) is 27.0 Å². The molecule has 2 aliphatic heterocycles. The summed E-state index contributed by atoms with van der Waals surface area (Å²) in [5.74, 6) is -2.46. The fourth-order valence-electron chi connectivity index (χ4n) is 5.74. The van der Waals surface area contributed by atoms with E-state index in [0.29, 0.717) is 16.9 Å². The largest absolute Gasteiger partial charge is 0.497 e. The minimum absolute atomic E-state index is 0.0130. The Hall–Kier alpha value is -4.24. The van der Waals surface area contributed by atoms with Gasteiger partial charge in [0.2, 0.25) is 11.6 Å². The number of alkyl halides is 4. The number of aliphatic carboxylic acids is 1. The molecule has 0 unspecified atom stereocenters. The van der Waals surface area contributed by atoms with Crippen LogP contribution in [0.5, 0.6) is 5.75 Å². The smallest absolute Gasteiger partial charge is 0.433 e. The van der Waals surface area contributed by atoms with Crippen molar-refractivity contribution in [3.8, 4) is 5.75 Å². The van der Waals surface area contributed by atoms with Gasteiger partial charge in [0.15, 0.2) is 6.10 Å². The molecule has 0 radical (unpaired) electrons. The quantitative estimate of drug-likeness (QED) is 0.347. The Morgan fingerprint density at radius 1 is 1.13 bits per heavy atom. The van der Waals surface area contributed by atoms with Crippen LogP contribution in [0.4, 0.5) is 29.3 Å². The molecular formula is C31H36F4N6O5. The number of likely N-dealkylation sites (tertiary alicyclic amines) is 1. The maximum atomic E-state index is 17.0. The summed E-state index contributed by atoms with van der Waals surface area (Å²) in [4.78, 5) is 36.7. The summed E-state index contributed by atoms with van der Waals surface area (Å²) in [5.41, 5.74) is -2.99. The Morgan fingerprint density at radius 3 is 2.48 bits per heavy atom. The number of morpholine rings is 1. The molecule has 0 saturated carbocycles. The lowest BCUT2D eigenvalue weighted by Crippen LogP contribution is -2.47. The molecule has 2 N–H and O–H groups in total. The van der Waals surface area contributed by atoms with Gasteiger partial charge in [-0.05, 0) is 44.5 Å². The fourth-order valence-corrected chi connectivity index (χ4v) is 5.74. The number of ether oxygens (including phenoxy) is 2. The number of methoxy groups -OCH3 is 1. The summed E-state index contributed by atoms with van der Waals surface area (Å²) in [6.07, 6.45) is -3.11. The van der Waals surface area contributed by atoms with Gasteiger partial charge in [-0.25, -0.2) is 19.2 Å². The van der Waals surface area contributed by atoms with Crippen molar-refractivity contribution in [1.82, 2.24) is 19.4 Å². The van der Waals surface area contributed by atoms with Crippen molar-refractivity contribution in [3.63, 3.8) is 0 Å². The number of nitrogens with zero attached hydrogens (tertiary/aromatic N) is 5. The number of benzene rings is 1. The second-order valence-corrected chi connectivity index (χ2v) is 12.4. The first-order valence-corrected chi connectivity index (χ1v) is 14.7. The summed E-state index contributed by atoms with van der Waals surface area (Å²) in [7, 11) is 1.53. The number of nitrogens with one attached hydrogen (secondary N) is 1. The number of halogens is 4. The highest BCUT2D eigenvalue weighted by Gasteiger charge is 2.55. The zero-order valence-electron chi connectivity index (χ0n) is 25.8. The van der Waals surface area contributed by atoms with Gasteiger partial charge in [-0.2, -0.15) is 13.2 Å². The molecule has 3 aromatic rings. The second kappa shape index (κ2) is 12.5. The molecule has 46 heavy (non-hydrogen) atoms. The Morgan fingerprint density at radius 2 is 1.85 bits per heavy atom. The van der Waals surface area contributed by atoms with E-state index in [4.69, 9.17) is 9.47 Å². The van der Waals surface area contributed by atoms with E-state index in [9.17, 15) is 27.9 Å². The van der Waals surface area contributed by atoms with E-state index < -0.39 is 47.0 Å². The van der Waals surface area contributed by atoms with Gasteiger partial charge in [0, 0.05) is 49.0 Å². The Labute approximate surface area is 263 Å². The van der Waals surface area contributed by atoms with Gasteiger partial charge in [0.1, 0.15) is 17.3 Å². The summed E-state index contributed by atoms with van der Waals surface area (Å²) < 4.78 is 69.8. The van der Waals surface area contributed by atoms with Crippen molar-refractivity contribution in [1.29, 1.82) is 0 Å². The molecule has 248 valence electrons. The number of carboxylic acids is 1. The second-order valence-electron chi connectivity index (χ2n) is 12.4. The number of carboxylic acid groups (broad SMARTS) is 1. The molecule has 2 saturated heterocycles. The molecule has 1 aromatic carbocycles. The first kappa shape index (κ1) is 33.1. The van der Waals surface area contributed by atoms with Crippen LogP contribution in [0.3, 0.4) is 0 Å². The average molecular weight is 649 g/mol. The lowest BCUT2D eigenvalue weighted by molar-refractivity contribution is -0.151. The highest BCUT2D eigenvalue weighted by Crippen LogP contribution is 2.43. The van der Waals surface area contributed by atoms with E-state index in [1.807, 2.05) is 25.7 Å². The van der Waals surface area contributed by atoms with Crippen LogP contribution in [0.2, 0.25) is 0 Å². The van der Waals surface area contributed by atoms with E-state index in [1.54, 1.807) is 24.3 Å². The van der Waals surface area contributed by atoms with Crippen LogP contribution in [0, 0.1) is 0 Å². The zero-order chi connectivity index (χ0) is 33.4. The van der Waals surface area contributed by atoms with Crippen molar-refractivity contribution >= 4 is 23.6 Å². The predicted octanol–water partition coefficient (Wildman–Crippen LogP) is 4.19. The summed E-state index contributed by atoms with van der Waals surface area (Å²) in [6.45, 7) is 5.71. The number of hydrogen-bond donors (Lipinski definition) is 2. The Bertz CT molecular complexity index is 1570. The number of anilines is 2. The summed E-state index contributed by atoms with van der Waals surface area (Å²) in [5, 5.41) is 12.0. The maximum absolute atomic E-state index is 17.0. The minimum Gasteiger partial charge on any atom is -0.497 e. The van der Waals surface area contributed by atoms with Gasteiger partial charge < -0.3 is 24.0 Å². The van der Waals surface area contributed by atoms with Crippen molar-refractivity contribution in [2.75, 3.05) is 50.1 Å². The van der Waals surface area contributed by atoms with Crippen LogP contribution in [-0.4, -0.2) is 93.6 Å². The van der Waals surface area contributed by atoms with E-state index in [2.05, 4.69) is 15.3 Å². The number of carbonyl (C=O) groups is 2. The SMILES string of the molecule is COc1ccc([C@@H]2CN(C(C)(C)C)C[C@@]2(F)C(=O)Nc2nccn2Cc2ccc(C(F)(F)F)nc2N2CCO[C@H](C(=O)O)C2)cc1. The van der Waals surface area contributed by atoms with Crippen molar-refractivity contribution < 1.29 is 41.7 Å². The van der Waals surface area contributed by atoms with Crippen molar-refractivity contribution in [3.05, 3.63) is 65.6 Å². The third kappa shape index (κ3) is 6.79. The number of amides is 1. The highest BCUT2D eigenvalue weighted by molar-refractivity contribution is 5.97. The summed E-state index contributed by atoms with van der Waals surface area (Å²) in [6, 6.07) is 8.97. The topological polar surface area (TPSA) is 122 Å². The van der Waals surface area contributed by atoms with E-state index >= 15 is 4.39 Å². The zero-order valence-corrected chi connectivity index (χ0v) is 25.8. The molecule has 15 heteroatoms. The number of hydrogen-bond acceptors (Lipinski definition) is 8. The first-order chi connectivity index (χ1) is 21.6. The van der Waals surface area contributed by atoms with Gasteiger partial charge in [0.25, 0.3) is 5.91 Å². The average Bonchev–Trinajstić information content (AvgIpc) is 3.61. The molecule has 2 aromatic heterocycles. The Balaban J connectivity index is 1.43. The number of carbonyl (C=O) groups excluding carboxylic acids is 1. The van der Waals surface area contributed by atoms with Gasteiger partial charge >= 0.3 is 12.1 Å². The monoisotopic (exact) mass is 648 g/mol. The molecular weight excluding hydrogens is 612 g/mol. The molecule has 4 heterocycles. The van der Waals surface area contributed by atoms with Gasteiger partial charge in [-0.3, -0.25) is 15.0 Å². The van der Waals surface area contributed by atoms with E-state index in [-0.39, 0.29) is 51.1 Å². The van der Waals surface area contributed by atoms with E-state index in [0.717, 1.165) is 6.07 Å². The van der Waals surface area contributed by atoms with Crippen LogP contribution < -0.4 is 15.0 Å².